The van der Waals surface area contributed by atoms with E-state index in [4.69, 9.17) is 14.2 Å². The van der Waals surface area contributed by atoms with Gasteiger partial charge in [-0.2, -0.15) is 0 Å². The van der Waals surface area contributed by atoms with E-state index in [1.165, 1.54) is 25.7 Å². The zero-order valence-corrected chi connectivity index (χ0v) is 14.8. The Kier molecular flexibility index (Phi) is 5.17. The minimum absolute atomic E-state index is 0.0248. The van der Waals surface area contributed by atoms with E-state index < -0.39 is 0 Å². The minimum Gasteiger partial charge on any atom is -0.496 e. The zero-order chi connectivity index (χ0) is 17.1. The summed E-state index contributed by atoms with van der Waals surface area (Å²) < 4.78 is 16.1. The first-order valence-corrected chi connectivity index (χ1v) is 8.77. The van der Waals surface area contributed by atoms with Crippen LogP contribution in [0.2, 0.25) is 0 Å². The average molecular weight is 333 g/mol. The van der Waals surface area contributed by atoms with Gasteiger partial charge in [0, 0.05) is 25.2 Å². The van der Waals surface area contributed by atoms with Gasteiger partial charge in [-0.25, -0.2) is 0 Å². The SMILES string of the molecule is COc1cc(OC)c(C(=O)N2CC[C@H]3CCCC[C@H]3C2)cc1OC. The molecule has 24 heavy (non-hydrogen) atoms. The number of fused-ring (bicyclic) bond motifs is 1. The van der Waals surface area contributed by atoms with E-state index in [0.717, 1.165) is 25.4 Å². The van der Waals surface area contributed by atoms with Gasteiger partial charge in [-0.05, 0) is 24.7 Å². The molecule has 2 fully saturated rings. The lowest BCUT2D eigenvalue weighted by molar-refractivity contribution is 0.0517. The maximum atomic E-state index is 13.1. The molecule has 3 rings (SSSR count). The van der Waals surface area contributed by atoms with E-state index in [9.17, 15) is 4.79 Å². The predicted octanol–water partition coefficient (Wildman–Crippen LogP) is 3.36. The van der Waals surface area contributed by atoms with Crippen LogP contribution in [-0.4, -0.2) is 45.2 Å². The standard InChI is InChI=1S/C19H27NO4/c1-22-16-11-18(24-3)17(23-2)10-15(16)19(21)20-9-8-13-6-4-5-7-14(13)12-20/h10-11,13-14H,4-9,12H2,1-3H3/t13-,14+/m1/s1. The summed E-state index contributed by atoms with van der Waals surface area (Å²) in [6.45, 7) is 1.69. The van der Waals surface area contributed by atoms with E-state index in [1.807, 2.05) is 4.90 Å². The number of rotatable bonds is 4. The van der Waals surface area contributed by atoms with Crippen LogP contribution in [0, 0.1) is 11.8 Å². The number of amides is 1. The number of methoxy groups -OCH3 is 3. The van der Waals surface area contributed by atoms with Gasteiger partial charge in [0.15, 0.2) is 11.5 Å². The average Bonchev–Trinajstić information content (AvgIpc) is 2.65. The molecule has 2 aliphatic rings. The summed E-state index contributed by atoms with van der Waals surface area (Å²) in [6.07, 6.45) is 6.33. The van der Waals surface area contributed by atoms with E-state index in [2.05, 4.69) is 0 Å². The Morgan fingerprint density at radius 1 is 0.917 bits per heavy atom. The van der Waals surface area contributed by atoms with Crippen molar-refractivity contribution in [2.45, 2.75) is 32.1 Å². The van der Waals surface area contributed by atoms with Crippen molar-refractivity contribution >= 4 is 5.91 Å². The lowest BCUT2D eigenvalue weighted by Gasteiger charge is -2.41. The van der Waals surface area contributed by atoms with Gasteiger partial charge in [-0.3, -0.25) is 4.79 Å². The highest BCUT2D eigenvalue weighted by Gasteiger charge is 2.34. The Balaban J connectivity index is 1.83. The third kappa shape index (κ3) is 3.17. The predicted molar refractivity (Wildman–Crippen MR) is 92.1 cm³/mol. The molecule has 0 spiro atoms. The molecule has 132 valence electrons. The Bertz CT molecular complexity index is 601. The normalized spacial score (nSPS) is 23.4. The van der Waals surface area contributed by atoms with Gasteiger partial charge in [0.2, 0.25) is 0 Å². The van der Waals surface area contributed by atoms with Gasteiger partial charge in [0.1, 0.15) is 5.75 Å². The first-order chi connectivity index (χ1) is 11.7. The number of carbonyl (C=O) groups is 1. The van der Waals surface area contributed by atoms with E-state index in [0.29, 0.717) is 28.7 Å². The van der Waals surface area contributed by atoms with E-state index >= 15 is 0 Å². The maximum absolute atomic E-state index is 13.1. The fourth-order valence-electron chi connectivity index (χ4n) is 4.15. The second-order valence-corrected chi connectivity index (χ2v) is 6.75. The number of likely N-dealkylation sites (tertiary alicyclic amines) is 1. The zero-order valence-electron chi connectivity index (χ0n) is 14.8. The van der Waals surface area contributed by atoms with Crippen LogP contribution in [0.15, 0.2) is 12.1 Å². The summed E-state index contributed by atoms with van der Waals surface area (Å²) in [7, 11) is 4.73. The molecule has 2 atom stereocenters. The summed E-state index contributed by atoms with van der Waals surface area (Å²) in [4.78, 5) is 15.1. The number of carbonyl (C=O) groups excluding carboxylic acids is 1. The van der Waals surface area contributed by atoms with Crippen LogP contribution in [0.25, 0.3) is 0 Å². The van der Waals surface area contributed by atoms with Gasteiger partial charge in [-0.15, -0.1) is 0 Å². The Hall–Kier alpha value is -1.91. The molecule has 1 aliphatic carbocycles. The lowest BCUT2D eigenvalue weighted by Crippen LogP contribution is -2.44. The van der Waals surface area contributed by atoms with Crippen molar-refractivity contribution in [3.05, 3.63) is 17.7 Å². The summed E-state index contributed by atoms with van der Waals surface area (Å²) >= 11 is 0. The van der Waals surface area contributed by atoms with Crippen molar-refractivity contribution in [3.63, 3.8) is 0 Å². The highest BCUT2D eigenvalue weighted by molar-refractivity contribution is 5.98. The molecular formula is C19H27NO4. The minimum atomic E-state index is 0.0248. The number of hydrogen-bond acceptors (Lipinski definition) is 4. The highest BCUT2D eigenvalue weighted by Crippen LogP contribution is 2.38. The molecule has 1 aliphatic heterocycles. The molecule has 0 bridgehead atoms. The monoisotopic (exact) mass is 333 g/mol. The molecule has 5 heteroatoms. The van der Waals surface area contributed by atoms with Gasteiger partial charge in [0.05, 0.1) is 26.9 Å². The van der Waals surface area contributed by atoms with Crippen LogP contribution in [0.3, 0.4) is 0 Å². The fraction of sp³-hybridized carbons (Fsp3) is 0.632. The van der Waals surface area contributed by atoms with Crippen molar-refractivity contribution in [2.24, 2.45) is 11.8 Å². The third-order valence-corrected chi connectivity index (χ3v) is 5.51. The van der Waals surface area contributed by atoms with Gasteiger partial charge in [-0.1, -0.05) is 19.3 Å². The number of nitrogens with zero attached hydrogens (tertiary/aromatic N) is 1. The molecule has 1 saturated heterocycles. The van der Waals surface area contributed by atoms with Crippen LogP contribution in [-0.2, 0) is 0 Å². The van der Waals surface area contributed by atoms with E-state index in [1.54, 1.807) is 33.5 Å². The largest absolute Gasteiger partial charge is 0.496 e. The third-order valence-electron chi connectivity index (χ3n) is 5.51. The fourth-order valence-corrected chi connectivity index (χ4v) is 4.15. The Labute approximate surface area is 143 Å². The summed E-state index contributed by atoms with van der Waals surface area (Å²) in [6, 6.07) is 3.45. The van der Waals surface area contributed by atoms with Gasteiger partial charge < -0.3 is 19.1 Å². The van der Waals surface area contributed by atoms with Crippen LogP contribution in [0.5, 0.6) is 17.2 Å². The number of ether oxygens (including phenoxy) is 3. The Morgan fingerprint density at radius 2 is 1.54 bits per heavy atom. The van der Waals surface area contributed by atoms with Crippen LogP contribution < -0.4 is 14.2 Å². The first-order valence-electron chi connectivity index (χ1n) is 8.77. The number of hydrogen-bond donors (Lipinski definition) is 0. The maximum Gasteiger partial charge on any atom is 0.257 e. The molecule has 0 radical (unpaired) electrons. The second-order valence-electron chi connectivity index (χ2n) is 6.75. The smallest absolute Gasteiger partial charge is 0.257 e. The highest BCUT2D eigenvalue weighted by atomic mass is 16.5. The molecule has 1 aromatic carbocycles. The Morgan fingerprint density at radius 3 is 2.21 bits per heavy atom. The summed E-state index contributed by atoms with van der Waals surface area (Å²) in [5, 5.41) is 0. The number of benzene rings is 1. The second kappa shape index (κ2) is 7.32. The van der Waals surface area contributed by atoms with Crippen molar-refractivity contribution in [2.75, 3.05) is 34.4 Å². The van der Waals surface area contributed by atoms with Crippen LogP contribution in [0.1, 0.15) is 42.5 Å². The molecule has 1 aromatic rings. The first kappa shape index (κ1) is 16.9. The molecule has 1 amide bonds. The summed E-state index contributed by atoms with van der Waals surface area (Å²) in [5.74, 6) is 3.13. The molecule has 5 nitrogen and oxygen atoms in total. The van der Waals surface area contributed by atoms with Crippen molar-refractivity contribution in [1.82, 2.24) is 4.90 Å². The van der Waals surface area contributed by atoms with Crippen LogP contribution in [0.4, 0.5) is 0 Å². The topological polar surface area (TPSA) is 48.0 Å². The lowest BCUT2D eigenvalue weighted by atomic mass is 9.75. The van der Waals surface area contributed by atoms with Crippen molar-refractivity contribution < 1.29 is 19.0 Å². The molecular weight excluding hydrogens is 306 g/mol. The van der Waals surface area contributed by atoms with Gasteiger partial charge >= 0.3 is 0 Å². The summed E-state index contributed by atoms with van der Waals surface area (Å²) in [5.41, 5.74) is 0.546. The van der Waals surface area contributed by atoms with E-state index in [-0.39, 0.29) is 5.91 Å². The molecule has 1 heterocycles. The quantitative estimate of drug-likeness (QED) is 0.848. The van der Waals surface area contributed by atoms with Gasteiger partial charge in [0.25, 0.3) is 5.91 Å². The number of piperidine rings is 1. The van der Waals surface area contributed by atoms with Crippen LogP contribution >= 0.6 is 0 Å². The molecule has 0 N–H and O–H groups in total. The molecule has 0 unspecified atom stereocenters. The molecule has 0 aromatic heterocycles. The molecule has 1 saturated carbocycles. The van der Waals surface area contributed by atoms with Crippen molar-refractivity contribution in [1.29, 1.82) is 0 Å². The van der Waals surface area contributed by atoms with Crippen molar-refractivity contribution in [3.8, 4) is 17.2 Å².